The van der Waals surface area contributed by atoms with Crippen LogP contribution in [-0.2, 0) is 5.41 Å². The number of anilines is 1. The minimum atomic E-state index is 0.109. The maximum Gasteiger partial charge on any atom is 0.204 e. The molecule has 2 aromatic heterocycles. The zero-order valence-electron chi connectivity index (χ0n) is 18.6. The van der Waals surface area contributed by atoms with Crippen LogP contribution in [0, 0.1) is 6.92 Å². The monoisotopic (exact) mass is 439 g/mol. The van der Waals surface area contributed by atoms with Crippen LogP contribution in [-0.4, -0.2) is 4.98 Å². The van der Waals surface area contributed by atoms with Crippen molar-refractivity contribution < 1.29 is 4.42 Å². The molecule has 5 rings (SSSR count). The summed E-state index contributed by atoms with van der Waals surface area (Å²) in [6.45, 7) is 8.73. The van der Waals surface area contributed by atoms with Gasteiger partial charge in [0, 0.05) is 17.0 Å². The van der Waals surface area contributed by atoms with Gasteiger partial charge in [0.25, 0.3) is 0 Å². The highest BCUT2D eigenvalue weighted by molar-refractivity contribution is 7.22. The van der Waals surface area contributed by atoms with Gasteiger partial charge in [0.15, 0.2) is 0 Å². The molecule has 0 amide bonds. The number of rotatable bonds is 3. The van der Waals surface area contributed by atoms with Crippen LogP contribution in [0.5, 0.6) is 0 Å². The fourth-order valence-electron chi connectivity index (χ4n) is 3.68. The van der Waals surface area contributed by atoms with Gasteiger partial charge in [-0.2, -0.15) is 5.10 Å². The molecule has 5 heteroatoms. The summed E-state index contributed by atoms with van der Waals surface area (Å²) in [4.78, 5) is 4.63. The van der Waals surface area contributed by atoms with E-state index < -0.39 is 0 Å². The SMILES string of the molecule is Cc1ccc2oc(-c3ccc(C(C)(C)C)cc3)c/c(=N\Nc3nc4ccccc4s3)c2c1. The number of thiazole rings is 1. The van der Waals surface area contributed by atoms with E-state index in [-0.39, 0.29) is 5.41 Å². The molecule has 0 spiro atoms. The van der Waals surface area contributed by atoms with E-state index in [0.29, 0.717) is 0 Å². The molecule has 0 saturated carbocycles. The third kappa shape index (κ3) is 4.04. The average Bonchev–Trinajstić information content (AvgIpc) is 3.20. The Bertz CT molecular complexity index is 1450. The Kier molecular flexibility index (Phi) is 5.06. The van der Waals surface area contributed by atoms with Gasteiger partial charge >= 0.3 is 0 Å². The van der Waals surface area contributed by atoms with E-state index in [9.17, 15) is 0 Å². The van der Waals surface area contributed by atoms with Crippen molar-refractivity contribution in [3.63, 3.8) is 0 Å². The van der Waals surface area contributed by atoms with Crippen molar-refractivity contribution in [2.45, 2.75) is 33.1 Å². The van der Waals surface area contributed by atoms with Crippen molar-refractivity contribution in [2.24, 2.45) is 5.10 Å². The highest BCUT2D eigenvalue weighted by Crippen LogP contribution is 2.28. The molecule has 1 N–H and O–H groups in total. The van der Waals surface area contributed by atoms with Gasteiger partial charge < -0.3 is 4.42 Å². The lowest BCUT2D eigenvalue weighted by molar-refractivity contribution is 0.589. The van der Waals surface area contributed by atoms with Crippen molar-refractivity contribution in [1.29, 1.82) is 0 Å². The van der Waals surface area contributed by atoms with Gasteiger partial charge in [-0.3, -0.25) is 5.43 Å². The summed E-state index contributed by atoms with van der Waals surface area (Å²) in [7, 11) is 0. The number of nitrogens with one attached hydrogen (secondary N) is 1. The summed E-state index contributed by atoms with van der Waals surface area (Å²) in [5.74, 6) is 0.784. The van der Waals surface area contributed by atoms with E-state index in [1.807, 2.05) is 30.3 Å². The summed E-state index contributed by atoms with van der Waals surface area (Å²) < 4.78 is 7.40. The minimum absolute atomic E-state index is 0.109. The first-order valence-electron chi connectivity index (χ1n) is 10.7. The molecule has 0 unspecified atom stereocenters. The summed E-state index contributed by atoms with van der Waals surface area (Å²) in [6.07, 6.45) is 0. The molecule has 32 heavy (non-hydrogen) atoms. The molecule has 3 aromatic carbocycles. The first-order valence-corrected chi connectivity index (χ1v) is 11.5. The average molecular weight is 440 g/mol. The van der Waals surface area contributed by atoms with E-state index in [1.165, 1.54) is 5.56 Å². The van der Waals surface area contributed by atoms with Crippen LogP contribution in [0.1, 0.15) is 31.9 Å². The van der Waals surface area contributed by atoms with Crippen LogP contribution in [0.15, 0.2) is 82.3 Å². The van der Waals surface area contributed by atoms with Crippen LogP contribution in [0.25, 0.3) is 32.5 Å². The molecule has 160 valence electrons. The molecule has 2 heterocycles. The van der Waals surface area contributed by atoms with Gasteiger partial charge in [0.1, 0.15) is 11.3 Å². The lowest BCUT2D eigenvalue weighted by Crippen LogP contribution is -2.10. The molecule has 0 aliphatic carbocycles. The quantitative estimate of drug-likeness (QED) is 0.301. The Morgan fingerprint density at radius 2 is 1.72 bits per heavy atom. The molecule has 0 saturated heterocycles. The first-order chi connectivity index (χ1) is 15.4. The van der Waals surface area contributed by atoms with Crippen molar-refractivity contribution in [2.75, 3.05) is 5.43 Å². The molecule has 0 fully saturated rings. The summed E-state index contributed by atoms with van der Waals surface area (Å²) in [5.41, 5.74) is 8.52. The van der Waals surface area contributed by atoms with Gasteiger partial charge in [0.2, 0.25) is 5.13 Å². The van der Waals surface area contributed by atoms with Crippen molar-refractivity contribution >= 4 is 37.7 Å². The Balaban J connectivity index is 1.60. The largest absolute Gasteiger partial charge is 0.456 e. The van der Waals surface area contributed by atoms with Crippen LogP contribution >= 0.6 is 11.3 Å². The summed E-state index contributed by atoms with van der Waals surface area (Å²) in [5, 5.41) is 7.28. The van der Waals surface area contributed by atoms with E-state index in [2.05, 4.69) is 80.6 Å². The maximum absolute atomic E-state index is 6.27. The molecular formula is C27H25N3OS. The smallest absolute Gasteiger partial charge is 0.204 e. The highest BCUT2D eigenvalue weighted by atomic mass is 32.1. The third-order valence-corrected chi connectivity index (χ3v) is 6.44. The number of aromatic nitrogens is 1. The number of hydrogen-bond donors (Lipinski definition) is 1. The van der Waals surface area contributed by atoms with Crippen LogP contribution in [0.3, 0.4) is 0 Å². The summed E-state index contributed by atoms with van der Waals surface area (Å²) in [6, 6.07) is 24.8. The number of para-hydroxylation sites is 1. The molecule has 0 bridgehead atoms. The maximum atomic E-state index is 6.27. The van der Waals surface area contributed by atoms with Gasteiger partial charge in [-0.05, 0) is 42.2 Å². The minimum Gasteiger partial charge on any atom is -0.456 e. The predicted molar refractivity (Wildman–Crippen MR) is 134 cm³/mol. The first kappa shape index (κ1) is 20.5. The molecule has 0 atom stereocenters. The van der Waals surface area contributed by atoms with Crippen LogP contribution < -0.4 is 10.8 Å². The predicted octanol–water partition coefficient (Wildman–Crippen LogP) is 7.24. The van der Waals surface area contributed by atoms with E-state index >= 15 is 0 Å². The molecule has 0 radical (unpaired) electrons. The van der Waals surface area contributed by atoms with Gasteiger partial charge in [0.05, 0.1) is 15.6 Å². The van der Waals surface area contributed by atoms with Crippen molar-refractivity contribution in [3.8, 4) is 11.3 Å². The van der Waals surface area contributed by atoms with Crippen molar-refractivity contribution in [1.82, 2.24) is 4.98 Å². The van der Waals surface area contributed by atoms with E-state index in [4.69, 9.17) is 9.52 Å². The van der Waals surface area contributed by atoms with Gasteiger partial charge in [-0.15, -0.1) is 0 Å². The lowest BCUT2D eigenvalue weighted by atomic mass is 9.86. The number of hydrogen-bond acceptors (Lipinski definition) is 5. The number of fused-ring (bicyclic) bond motifs is 2. The van der Waals surface area contributed by atoms with Crippen molar-refractivity contribution in [3.05, 3.63) is 89.3 Å². The second-order valence-electron chi connectivity index (χ2n) is 9.03. The fraction of sp³-hybridized carbons (Fsp3) is 0.185. The Labute approximate surface area is 191 Å². The van der Waals surface area contributed by atoms with Gasteiger partial charge in [-0.1, -0.05) is 80.1 Å². The van der Waals surface area contributed by atoms with E-state index in [1.54, 1.807) is 11.3 Å². The Morgan fingerprint density at radius 1 is 0.938 bits per heavy atom. The van der Waals surface area contributed by atoms with E-state index in [0.717, 1.165) is 48.6 Å². The normalized spacial score (nSPS) is 12.6. The molecule has 0 aliphatic heterocycles. The second kappa shape index (κ2) is 7.92. The Hall–Kier alpha value is -3.44. The molecule has 0 aliphatic rings. The Morgan fingerprint density at radius 3 is 2.47 bits per heavy atom. The number of benzene rings is 3. The fourth-order valence-corrected chi connectivity index (χ4v) is 4.49. The second-order valence-corrected chi connectivity index (χ2v) is 10.1. The molecule has 5 aromatic rings. The summed E-state index contributed by atoms with van der Waals surface area (Å²) >= 11 is 1.59. The lowest BCUT2D eigenvalue weighted by Gasteiger charge is -2.19. The zero-order chi connectivity index (χ0) is 22.3. The standard InChI is InChI=1S/C27H25N3OS/c1-17-9-14-23-20(15-17)22(29-30-26-28-21-7-5-6-8-25(21)32-26)16-24(31-23)18-10-12-19(13-11-18)27(2,3)4/h5-16H,1-4H3,(H,28,30)/b29-22+. The molecular weight excluding hydrogens is 414 g/mol. The highest BCUT2D eigenvalue weighted by Gasteiger charge is 2.14. The topological polar surface area (TPSA) is 50.4 Å². The van der Waals surface area contributed by atoms with Crippen LogP contribution in [0.2, 0.25) is 0 Å². The van der Waals surface area contributed by atoms with Crippen LogP contribution in [0.4, 0.5) is 5.13 Å². The third-order valence-electron chi connectivity index (χ3n) is 5.50. The zero-order valence-corrected chi connectivity index (χ0v) is 19.5. The number of nitrogens with zero attached hydrogens (tertiary/aromatic N) is 2. The number of aryl methyl sites for hydroxylation is 1. The molecule has 4 nitrogen and oxygen atoms in total. The van der Waals surface area contributed by atoms with Gasteiger partial charge in [-0.25, -0.2) is 4.98 Å².